The summed E-state index contributed by atoms with van der Waals surface area (Å²) < 4.78 is 1.70. The van der Waals surface area contributed by atoms with Crippen molar-refractivity contribution in [3.63, 3.8) is 0 Å². The van der Waals surface area contributed by atoms with E-state index in [1.165, 1.54) is 0 Å². The first-order valence-corrected chi connectivity index (χ1v) is 4.25. The summed E-state index contributed by atoms with van der Waals surface area (Å²) >= 11 is 0. The van der Waals surface area contributed by atoms with Crippen LogP contribution in [0.5, 0.6) is 0 Å². The first kappa shape index (κ1) is 10.6. The number of aromatic nitrogens is 4. The van der Waals surface area contributed by atoms with Gasteiger partial charge in [-0.1, -0.05) is 28.2 Å². The Morgan fingerprint density at radius 1 is 1.21 bits per heavy atom. The molecule has 2 rings (SSSR count). The first-order chi connectivity index (χ1) is 6.07. The molecule has 0 fully saturated rings. The third-order valence-electron chi connectivity index (χ3n) is 1.93. The number of nitrogens with zero attached hydrogens (tertiary/aromatic N) is 4. The lowest BCUT2D eigenvalue weighted by molar-refractivity contribution is 0.554. The average molecular weight is 192 g/mol. The summed E-state index contributed by atoms with van der Waals surface area (Å²) in [5.74, 6) is 0. The molecule has 4 nitrogen and oxygen atoms in total. The van der Waals surface area contributed by atoms with Gasteiger partial charge in [-0.25, -0.2) is 4.52 Å². The van der Waals surface area contributed by atoms with E-state index >= 15 is 0 Å². The fraction of sp³-hybridized carbons (Fsp3) is 0.500. The van der Waals surface area contributed by atoms with Gasteiger partial charge in [0.15, 0.2) is 5.65 Å². The molecule has 0 spiro atoms. The maximum absolute atomic E-state index is 4.40. The maximum Gasteiger partial charge on any atom is 0.177 e. The van der Waals surface area contributed by atoms with Gasteiger partial charge in [0.25, 0.3) is 0 Å². The first-order valence-electron chi connectivity index (χ1n) is 4.25. The van der Waals surface area contributed by atoms with Gasteiger partial charge < -0.3 is 0 Å². The molecule has 0 saturated carbocycles. The lowest BCUT2D eigenvalue weighted by Gasteiger charge is -2.16. The van der Waals surface area contributed by atoms with Gasteiger partial charge in [-0.3, -0.25) is 0 Å². The topological polar surface area (TPSA) is 43.1 Å². The largest absolute Gasteiger partial charge is 0.200 e. The third-order valence-corrected chi connectivity index (χ3v) is 1.93. The Hall–Kier alpha value is -1.45. The lowest BCUT2D eigenvalue weighted by Crippen LogP contribution is -2.15. The smallest absolute Gasteiger partial charge is 0.177 e. The summed E-state index contributed by atoms with van der Waals surface area (Å²) in [6.07, 6.45) is 1.62. The fourth-order valence-electron chi connectivity index (χ4n) is 1.13. The Bertz CT molecular complexity index is 425. The Morgan fingerprint density at radius 3 is 2.57 bits per heavy atom. The summed E-state index contributed by atoms with van der Waals surface area (Å²) in [6, 6.07) is 3.92. The number of fused-ring (bicyclic) bond motifs is 1. The Kier molecular flexibility index (Phi) is 2.55. The van der Waals surface area contributed by atoms with E-state index in [-0.39, 0.29) is 12.8 Å². The molecule has 0 amide bonds. The summed E-state index contributed by atoms with van der Waals surface area (Å²) in [4.78, 5) is 0. The van der Waals surface area contributed by atoms with Gasteiger partial charge in [0.1, 0.15) is 6.33 Å². The second-order valence-corrected chi connectivity index (χ2v) is 4.10. The van der Waals surface area contributed by atoms with Crippen molar-refractivity contribution in [2.24, 2.45) is 0 Å². The highest BCUT2D eigenvalue weighted by molar-refractivity contribution is 5.35. The zero-order chi connectivity index (χ0) is 9.47. The minimum absolute atomic E-state index is 0. The van der Waals surface area contributed by atoms with E-state index < -0.39 is 0 Å². The van der Waals surface area contributed by atoms with Crippen LogP contribution >= 0.6 is 0 Å². The van der Waals surface area contributed by atoms with Crippen LogP contribution in [0.3, 0.4) is 0 Å². The van der Waals surface area contributed by atoms with Crippen molar-refractivity contribution in [2.45, 2.75) is 33.6 Å². The molecule has 4 heteroatoms. The van der Waals surface area contributed by atoms with Gasteiger partial charge >= 0.3 is 0 Å². The van der Waals surface area contributed by atoms with Crippen LogP contribution in [0.25, 0.3) is 5.65 Å². The van der Waals surface area contributed by atoms with Crippen LogP contribution < -0.4 is 0 Å². The van der Waals surface area contributed by atoms with Crippen molar-refractivity contribution in [3.05, 3.63) is 24.2 Å². The highest BCUT2D eigenvalue weighted by Gasteiger charge is 2.15. The van der Waals surface area contributed by atoms with E-state index in [1.807, 2.05) is 12.1 Å². The predicted molar refractivity (Wildman–Crippen MR) is 56.2 cm³/mol. The van der Waals surface area contributed by atoms with E-state index in [1.54, 1.807) is 10.8 Å². The molecule has 0 aliphatic carbocycles. The molecule has 0 aromatic carbocycles. The van der Waals surface area contributed by atoms with Crippen LogP contribution in [0.1, 0.15) is 33.9 Å². The molecule has 76 valence electrons. The van der Waals surface area contributed by atoms with Gasteiger partial charge in [0.2, 0.25) is 0 Å². The van der Waals surface area contributed by atoms with Crippen molar-refractivity contribution in [1.82, 2.24) is 19.8 Å². The monoisotopic (exact) mass is 192 g/mol. The Labute approximate surface area is 84.0 Å². The fourth-order valence-corrected chi connectivity index (χ4v) is 1.13. The van der Waals surface area contributed by atoms with Gasteiger partial charge in [-0.05, 0) is 12.1 Å². The number of rotatable bonds is 0. The molecule has 0 aliphatic rings. The molecule has 0 aliphatic heterocycles. The number of hydrogen-bond donors (Lipinski definition) is 0. The Balaban J connectivity index is 0.000000980. The van der Waals surface area contributed by atoms with E-state index in [0.717, 1.165) is 11.3 Å². The van der Waals surface area contributed by atoms with Crippen LogP contribution in [0.2, 0.25) is 0 Å². The SMILES string of the molecule is C.CC(C)(C)c1ccc2nncn2n1. The summed E-state index contributed by atoms with van der Waals surface area (Å²) in [5, 5.41) is 12.1. The van der Waals surface area contributed by atoms with Crippen molar-refractivity contribution in [1.29, 1.82) is 0 Å². The standard InChI is InChI=1S/C9H12N4.CH4/c1-9(2,3)7-4-5-8-11-10-6-13(8)12-7;/h4-6H,1-3H3;1H4. The van der Waals surface area contributed by atoms with Gasteiger partial charge in [0.05, 0.1) is 5.69 Å². The molecule has 2 aromatic heterocycles. The molecule has 0 radical (unpaired) electrons. The number of hydrogen-bond acceptors (Lipinski definition) is 3. The van der Waals surface area contributed by atoms with Crippen LogP contribution in [-0.2, 0) is 5.41 Å². The van der Waals surface area contributed by atoms with Gasteiger partial charge in [-0.2, -0.15) is 5.10 Å². The molecular formula is C10H16N4. The van der Waals surface area contributed by atoms with E-state index in [2.05, 4.69) is 36.1 Å². The second kappa shape index (κ2) is 3.36. The van der Waals surface area contributed by atoms with Crippen LogP contribution in [0, 0.1) is 0 Å². The van der Waals surface area contributed by atoms with E-state index in [0.29, 0.717) is 0 Å². The Morgan fingerprint density at radius 2 is 1.93 bits per heavy atom. The van der Waals surface area contributed by atoms with E-state index in [9.17, 15) is 0 Å². The molecule has 0 atom stereocenters. The van der Waals surface area contributed by atoms with Gasteiger partial charge in [-0.15, -0.1) is 10.2 Å². The van der Waals surface area contributed by atoms with Crippen molar-refractivity contribution >= 4 is 5.65 Å². The zero-order valence-electron chi connectivity index (χ0n) is 8.02. The third kappa shape index (κ3) is 1.73. The van der Waals surface area contributed by atoms with Gasteiger partial charge in [0, 0.05) is 5.41 Å². The predicted octanol–water partition coefficient (Wildman–Crippen LogP) is 2.06. The van der Waals surface area contributed by atoms with Crippen LogP contribution in [0.4, 0.5) is 0 Å². The molecule has 0 saturated heterocycles. The summed E-state index contributed by atoms with van der Waals surface area (Å²) in [5.41, 5.74) is 1.89. The average Bonchev–Trinajstić information content (AvgIpc) is 2.47. The molecule has 0 bridgehead atoms. The molecule has 0 unspecified atom stereocenters. The minimum atomic E-state index is 0. The lowest BCUT2D eigenvalue weighted by atomic mass is 9.92. The molecule has 2 aromatic rings. The van der Waals surface area contributed by atoms with Crippen molar-refractivity contribution in [2.75, 3.05) is 0 Å². The quantitative estimate of drug-likeness (QED) is 0.641. The molecular weight excluding hydrogens is 176 g/mol. The molecule has 14 heavy (non-hydrogen) atoms. The van der Waals surface area contributed by atoms with E-state index in [4.69, 9.17) is 0 Å². The molecule has 0 N–H and O–H groups in total. The van der Waals surface area contributed by atoms with Crippen molar-refractivity contribution < 1.29 is 0 Å². The maximum atomic E-state index is 4.40. The summed E-state index contributed by atoms with van der Waals surface area (Å²) in [6.45, 7) is 6.39. The second-order valence-electron chi connectivity index (χ2n) is 4.10. The highest BCUT2D eigenvalue weighted by Crippen LogP contribution is 2.19. The molecule has 2 heterocycles. The summed E-state index contributed by atoms with van der Waals surface area (Å²) in [7, 11) is 0. The minimum Gasteiger partial charge on any atom is -0.200 e. The van der Waals surface area contributed by atoms with Crippen molar-refractivity contribution in [3.8, 4) is 0 Å². The zero-order valence-corrected chi connectivity index (χ0v) is 8.02. The highest BCUT2D eigenvalue weighted by atomic mass is 15.3. The van der Waals surface area contributed by atoms with Crippen LogP contribution in [-0.4, -0.2) is 19.8 Å². The normalized spacial score (nSPS) is 11.4. The van der Waals surface area contributed by atoms with Crippen LogP contribution in [0.15, 0.2) is 18.5 Å².